The zero-order valence-corrected chi connectivity index (χ0v) is 12.3. The molecule has 1 aliphatic carbocycles. The molecule has 0 fully saturated rings. The van der Waals surface area contributed by atoms with Gasteiger partial charge in [-0.25, -0.2) is 0 Å². The number of fused-ring (bicyclic) bond motifs is 2. The van der Waals surface area contributed by atoms with Crippen molar-refractivity contribution in [3.05, 3.63) is 33.7 Å². The highest BCUT2D eigenvalue weighted by atomic mass is 16.6. The first kappa shape index (κ1) is 14.1. The number of nitrogens with zero attached hydrogens (tertiary/aromatic N) is 4. The minimum atomic E-state index is 0.0531. The summed E-state index contributed by atoms with van der Waals surface area (Å²) in [6.45, 7) is 1.18. The van der Waals surface area contributed by atoms with E-state index in [-0.39, 0.29) is 5.96 Å². The van der Waals surface area contributed by atoms with Crippen LogP contribution in [0.3, 0.4) is 0 Å². The fourth-order valence-electron chi connectivity index (χ4n) is 2.69. The van der Waals surface area contributed by atoms with Crippen LogP contribution in [-0.4, -0.2) is 38.0 Å². The van der Waals surface area contributed by atoms with Crippen LogP contribution in [0.5, 0.6) is 0 Å². The monoisotopic (exact) mass is 289 g/mol. The molecule has 7 heteroatoms. The summed E-state index contributed by atoms with van der Waals surface area (Å²) in [5, 5.41) is 25.8. The van der Waals surface area contributed by atoms with Gasteiger partial charge in [0.15, 0.2) is 0 Å². The number of aliphatic imine (C=N–C) groups is 1. The highest BCUT2D eigenvalue weighted by Gasteiger charge is 2.21. The Balaban J connectivity index is 1.88. The Morgan fingerprint density at radius 2 is 1.86 bits per heavy atom. The molecule has 114 valence electrons. The van der Waals surface area contributed by atoms with Gasteiger partial charge in [0.25, 0.3) is 0 Å². The van der Waals surface area contributed by atoms with Gasteiger partial charge >= 0.3 is 0 Å². The van der Waals surface area contributed by atoms with Crippen molar-refractivity contribution in [2.75, 3.05) is 37.4 Å². The fraction of sp³-hybridized carbons (Fsp3) is 0.500. The summed E-state index contributed by atoms with van der Waals surface area (Å²) in [5.41, 5.74) is 5.59. The Morgan fingerprint density at radius 3 is 2.52 bits per heavy atom. The molecule has 0 radical (unpaired) electrons. The lowest BCUT2D eigenvalue weighted by Gasteiger charge is -2.46. The summed E-state index contributed by atoms with van der Waals surface area (Å²) in [5.74, 6) is 0.0531. The third-order valence-corrected chi connectivity index (χ3v) is 3.83. The molecule has 3 rings (SSSR count). The van der Waals surface area contributed by atoms with Crippen LogP contribution in [0.25, 0.3) is 0 Å². The van der Waals surface area contributed by atoms with Gasteiger partial charge in [-0.15, -0.1) is 0 Å². The topological polar surface area (TPSA) is 80.2 Å². The normalized spacial score (nSPS) is 19.0. The van der Waals surface area contributed by atoms with E-state index >= 15 is 0 Å². The molecule has 1 aromatic rings. The molecule has 7 nitrogen and oxygen atoms in total. The van der Waals surface area contributed by atoms with E-state index in [1.807, 2.05) is 31.1 Å². The van der Waals surface area contributed by atoms with Gasteiger partial charge in [-0.2, -0.15) is 0 Å². The Morgan fingerprint density at radius 1 is 1.19 bits per heavy atom. The summed E-state index contributed by atoms with van der Waals surface area (Å²) in [6.07, 6.45) is 3.02. The average Bonchev–Trinajstić information content (AvgIpc) is 2.89. The summed E-state index contributed by atoms with van der Waals surface area (Å²) in [4.78, 5) is 6.15. The van der Waals surface area contributed by atoms with Crippen LogP contribution >= 0.6 is 0 Å². The van der Waals surface area contributed by atoms with Crippen molar-refractivity contribution in [1.29, 1.82) is 0 Å². The predicted octanol–water partition coefficient (Wildman–Crippen LogP) is 1.22. The average molecular weight is 289 g/mol. The van der Waals surface area contributed by atoms with E-state index < -0.39 is 0 Å². The Bertz CT molecular complexity index is 573. The van der Waals surface area contributed by atoms with Crippen LogP contribution in [0.2, 0.25) is 0 Å². The van der Waals surface area contributed by atoms with Crippen LogP contribution in [0.4, 0.5) is 11.4 Å². The number of aryl methyl sites for hydroxylation is 2. The number of nitrogens with one attached hydrogen (secondary N) is 1. The highest BCUT2D eigenvalue weighted by molar-refractivity contribution is 6.04. The smallest absolute Gasteiger partial charge is 0.206 e. The second-order valence-corrected chi connectivity index (χ2v) is 5.67. The number of benzene rings is 1. The molecule has 1 aliphatic heterocycles. The molecule has 0 aromatic heterocycles. The molecule has 0 bridgehead atoms. The zero-order valence-electron chi connectivity index (χ0n) is 12.3. The maximum Gasteiger partial charge on any atom is 0.206 e. The minimum absolute atomic E-state index is 0.0531. The van der Waals surface area contributed by atoms with Gasteiger partial charge in [-0.05, 0) is 56.6 Å². The molecule has 0 unspecified atom stereocenters. The third kappa shape index (κ3) is 2.67. The van der Waals surface area contributed by atoms with Gasteiger partial charge in [-0.1, -0.05) is 0 Å². The number of hydrazine groups is 1. The molecule has 21 heavy (non-hydrogen) atoms. The van der Waals surface area contributed by atoms with Crippen LogP contribution in [-0.2, 0) is 12.8 Å². The van der Waals surface area contributed by atoms with Crippen LogP contribution in [0.15, 0.2) is 17.1 Å². The molecule has 1 aromatic carbocycles. The molecular weight excluding hydrogens is 270 g/mol. The highest BCUT2D eigenvalue weighted by Crippen LogP contribution is 2.37. The number of anilines is 2. The minimum Gasteiger partial charge on any atom is -0.752 e. The van der Waals surface area contributed by atoms with Crippen molar-refractivity contribution in [1.82, 2.24) is 10.3 Å². The van der Waals surface area contributed by atoms with Crippen molar-refractivity contribution in [3.8, 4) is 0 Å². The second-order valence-electron chi connectivity index (χ2n) is 5.67. The Kier molecular flexibility index (Phi) is 3.71. The maximum absolute atomic E-state index is 12.4. The van der Waals surface area contributed by atoms with Gasteiger partial charge in [0, 0.05) is 6.54 Å². The lowest BCUT2D eigenvalue weighted by atomic mass is 10.1. The number of hydrogen-bond acceptors (Lipinski definition) is 5. The fourth-order valence-corrected chi connectivity index (χ4v) is 2.69. The van der Waals surface area contributed by atoms with Gasteiger partial charge < -0.3 is 25.5 Å². The zero-order chi connectivity index (χ0) is 15.0. The lowest BCUT2D eigenvalue weighted by Crippen LogP contribution is -2.51. The first-order chi connectivity index (χ1) is 10.1. The molecule has 0 saturated heterocycles. The molecule has 0 spiro atoms. The second kappa shape index (κ2) is 5.51. The molecule has 1 N–H and O–H groups in total. The lowest BCUT2D eigenvalue weighted by molar-refractivity contribution is 0.420. The predicted molar refractivity (Wildman–Crippen MR) is 84.2 cm³/mol. The van der Waals surface area contributed by atoms with E-state index in [0.29, 0.717) is 23.1 Å². The van der Waals surface area contributed by atoms with Crippen molar-refractivity contribution in [2.45, 2.75) is 19.3 Å². The van der Waals surface area contributed by atoms with Crippen molar-refractivity contribution < 1.29 is 0 Å². The quantitative estimate of drug-likeness (QED) is 0.901. The van der Waals surface area contributed by atoms with Gasteiger partial charge in [0.1, 0.15) is 0 Å². The van der Waals surface area contributed by atoms with E-state index in [9.17, 15) is 10.4 Å². The summed E-state index contributed by atoms with van der Waals surface area (Å²) in [6, 6.07) is 3.65. The molecule has 0 amide bonds. The van der Waals surface area contributed by atoms with Gasteiger partial charge in [-0.3, -0.25) is 10.4 Å². The molecule has 0 saturated carbocycles. The number of likely N-dealkylation sites (N-methyl/N-ethyl adjacent to an activating group) is 1. The number of guanidine groups is 1. The molecule has 2 aliphatic rings. The summed E-state index contributed by atoms with van der Waals surface area (Å²) in [7, 11) is 3.86. The Hall–Kier alpha value is -1.83. The maximum atomic E-state index is 12.4. The van der Waals surface area contributed by atoms with Gasteiger partial charge in [0.05, 0.1) is 17.9 Å². The Labute approximate surface area is 124 Å². The van der Waals surface area contributed by atoms with Crippen LogP contribution < -0.4 is 15.7 Å². The van der Waals surface area contributed by atoms with Crippen molar-refractivity contribution >= 4 is 17.3 Å². The standard InChI is InChI=1S/C14H19N5O2/c1-17(2)7-6-15-14-16-19(21)13-9-11-5-3-4-10(11)8-12(13)18(14)20/h8-9H,3-7H2,1-2H3,(H,15,16)/q-2. The van der Waals surface area contributed by atoms with E-state index in [0.717, 1.165) is 42.0 Å². The van der Waals surface area contributed by atoms with Crippen LogP contribution in [0, 0.1) is 10.4 Å². The van der Waals surface area contributed by atoms with E-state index in [4.69, 9.17) is 0 Å². The summed E-state index contributed by atoms with van der Waals surface area (Å²) >= 11 is 0. The molecule has 1 heterocycles. The first-order valence-corrected chi connectivity index (χ1v) is 7.12. The van der Waals surface area contributed by atoms with E-state index in [2.05, 4.69) is 10.4 Å². The van der Waals surface area contributed by atoms with E-state index in [1.165, 1.54) is 0 Å². The van der Waals surface area contributed by atoms with Gasteiger partial charge in [0.2, 0.25) is 5.96 Å². The molecule has 0 atom stereocenters. The summed E-state index contributed by atoms with van der Waals surface area (Å²) < 4.78 is 0. The first-order valence-electron chi connectivity index (χ1n) is 7.12. The number of hydroxylamine groups is 1. The van der Waals surface area contributed by atoms with Crippen molar-refractivity contribution in [2.24, 2.45) is 4.99 Å². The van der Waals surface area contributed by atoms with Crippen LogP contribution in [0.1, 0.15) is 17.5 Å². The number of rotatable bonds is 3. The van der Waals surface area contributed by atoms with Crippen molar-refractivity contribution in [3.63, 3.8) is 0 Å². The SMILES string of the molecule is CN(C)CCN=C1NN([O-])c2cc3c(cc2N1[O-])CCC3. The molecular formula is C14H19N5O2-2. The third-order valence-electron chi connectivity index (χ3n) is 3.83. The largest absolute Gasteiger partial charge is 0.752 e. The van der Waals surface area contributed by atoms with E-state index in [1.54, 1.807) is 0 Å². The number of hydrogen-bond donors (Lipinski definition) is 1.